The predicted octanol–water partition coefficient (Wildman–Crippen LogP) is 1.51. The second-order valence-electron chi connectivity index (χ2n) is 3.88. The van der Waals surface area contributed by atoms with Crippen LogP contribution in [0.25, 0.3) is 0 Å². The number of carbonyl (C=O) groups excluding carboxylic acids is 1. The topological polar surface area (TPSA) is 62.7 Å². The van der Waals surface area contributed by atoms with E-state index in [4.69, 9.17) is 4.74 Å². The standard InChI is InChI=1S/C12H14FN3O2/c1-18-11-5-4-8(7-9(11)13)15-16-10-3-2-6-14-12(10)17/h4-5,7,15H,2-3,6H2,1H3,(H,14,17)/b16-10-. The molecule has 2 N–H and O–H groups in total. The maximum absolute atomic E-state index is 13.4. The van der Waals surface area contributed by atoms with Crippen LogP contribution in [0, 0.1) is 5.82 Å². The third-order valence-corrected chi connectivity index (χ3v) is 2.61. The maximum Gasteiger partial charge on any atom is 0.267 e. The van der Waals surface area contributed by atoms with Gasteiger partial charge in [0.2, 0.25) is 0 Å². The Hall–Kier alpha value is -2.11. The fourth-order valence-corrected chi connectivity index (χ4v) is 1.65. The van der Waals surface area contributed by atoms with E-state index in [-0.39, 0.29) is 11.7 Å². The van der Waals surface area contributed by atoms with Crippen LogP contribution in [0.1, 0.15) is 12.8 Å². The van der Waals surface area contributed by atoms with Crippen LogP contribution in [0.3, 0.4) is 0 Å². The molecule has 0 atom stereocenters. The van der Waals surface area contributed by atoms with Gasteiger partial charge in [-0.1, -0.05) is 0 Å². The van der Waals surface area contributed by atoms with E-state index < -0.39 is 5.82 Å². The van der Waals surface area contributed by atoms with E-state index in [1.54, 1.807) is 6.07 Å². The summed E-state index contributed by atoms with van der Waals surface area (Å²) in [6.07, 6.45) is 1.49. The predicted molar refractivity (Wildman–Crippen MR) is 66.3 cm³/mol. The molecule has 0 aliphatic carbocycles. The zero-order valence-corrected chi connectivity index (χ0v) is 10.00. The van der Waals surface area contributed by atoms with Gasteiger partial charge < -0.3 is 10.1 Å². The monoisotopic (exact) mass is 251 g/mol. The van der Waals surface area contributed by atoms with Gasteiger partial charge in [0, 0.05) is 12.6 Å². The highest BCUT2D eigenvalue weighted by atomic mass is 19.1. The molecule has 6 heteroatoms. The third kappa shape index (κ3) is 2.77. The van der Waals surface area contributed by atoms with Gasteiger partial charge in [-0.05, 0) is 25.0 Å². The van der Waals surface area contributed by atoms with Crippen molar-refractivity contribution >= 4 is 17.3 Å². The second-order valence-corrected chi connectivity index (χ2v) is 3.88. The molecule has 2 rings (SSSR count). The van der Waals surface area contributed by atoms with Gasteiger partial charge in [0.1, 0.15) is 5.71 Å². The van der Waals surface area contributed by atoms with Crippen LogP contribution < -0.4 is 15.5 Å². The Bertz CT molecular complexity index is 488. The molecule has 0 bridgehead atoms. The molecule has 5 nitrogen and oxygen atoms in total. The minimum Gasteiger partial charge on any atom is -0.494 e. The van der Waals surface area contributed by atoms with Crippen molar-refractivity contribution in [1.82, 2.24) is 5.32 Å². The number of nitrogens with zero attached hydrogens (tertiary/aromatic N) is 1. The quantitative estimate of drug-likeness (QED) is 0.800. The van der Waals surface area contributed by atoms with Crippen molar-refractivity contribution in [2.24, 2.45) is 5.10 Å². The Morgan fingerprint density at radius 1 is 1.50 bits per heavy atom. The Balaban J connectivity index is 2.07. The maximum atomic E-state index is 13.4. The van der Waals surface area contributed by atoms with Crippen molar-refractivity contribution < 1.29 is 13.9 Å². The normalized spacial score (nSPS) is 17.4. The van der Waals surface area contributed by atoms with Gasteiger partial charge >= 0.3 is 0 Å². The number of hydrogen-bond donors (Lipinski definition) is 2. The second kappa shape index (κ2) is 5.48. The summed E-state index contributed by atoms with van der Waals surface area (Å²) in [7, 11) is 1.40. The summed E-state index contributed by atoms with van der Waals surface area (Å²) in [4.78, 5) is 11.4. The summed E-state index contributed by atoms with van der Waals surface area (Å²) >= 11 is 0. The lowest BCUT2D eigenvalue weighted by atomic mass is 10.1. The fraction of sp³-hybridized carbons (Fsp3) is 0.333. The minimum atomic E-state index is -0.476. The summed E-state index contributed by atoms with van der Waals surface area (Å²) in [6, 6.07) is 4.40. The van der Waals surface area contributed by atoms with Crippen LogP contribution in [0.5, 0.6) is 5.75 Å². The minimum absolute atomic E-state index is 0.170. The number of amides is 1. The van der Waals surface area contributed by atoms with Crippen LogP contribution in [0.15, 0.2) is 23.3 Å². The lowest BCUT2D eigenvalue weighted by molar-refractivity contribution is -0.115. The highest BCUT2D eigenvalue weighted by Gasteiger charge is 2.15. The van der Waals surface area contributed by atoms with Crippen LogP contribution in [-0.2, 0) is 4.79 Å². The van der Waals surface area contributed by atoms with Crippen molar-refractivity contribution in [2.75, 3.05) is 19.1 Å². The molecule has 0 aromatic heterocycles. The van der Waals surface area contributed by atoms with E-state index in [2.05, 4.69) is 15.8 Å². The van der Waals surface area contributed by atoms with Gasteiger partial charge in [-0.3, -0.25) is 10.2 Å². The number of ether oxygens (including phenoxy) is 1. The molecule has 18 heavy (non-hydrogen) atoms. The Morgan fingerprint density at radius 2 is 2.33 bits per heavy atom. The first kappa shape index (κ1) is 12.3. The Kier molecular flexibility index (Phi) is 3.76. The number of hydrogen-bond acceptors (Lipinski definition) is 4. The van der Waals surface area contributed by atoms with Gasteiger partial charge in [-0.25, -0.2) is 4.39 Å². The SMILES string of the molecule is COc1ccc(N/N=C2/CCCNC2=O)cc1F. The number of benzene rings is 1. The van der Waals surface area contributed by atoms with Crippen molar-refractivity contribution in [2.45, 2.75) is 12.8 Å². The van der Waals surface area contributed by atoms with Crippen LogP contribution in [0.4, 0.5) is 10.1 Å². The zero-order chi connectivity index (χ0) is 13.0. The van der Waals surface area contributed by atoms with Crippen LogP contribution >= 0.6 is 0 Å². The Morgan fingerprint density at radius 3 is 3.00 bits per heavy atom. The first-order valence-electron chi connectivity index (χ1n) is 5.65. The average Bonchev–Trinajstić information content (AvgIpc) is 2.38. The molecule has 1 heterocycles. The molecule has 1 fully saturated rings. The van der Waals surface area contributed by atoms with Crippen molar-refractivity contribution in [3.05, 3.63) is 24.0 Å². The molecule has 0 spiro atoms. The summed E-state index contributed by atoms with van der Waals surface area (Å²) in [5, 5.41) is 6.67. The van der Waals surface area contributed by atoms with Gasteiger partial charge in [-0.2, -0.15) is 5.10 Å². The molecule has 0 saturated carbocycles. The highest BCUT2D eigenvalue weighted by Crippen LogP contribution is 2.20. The fourth-order valence-electron chi connectivity index (χ4n) is 1.65. The summed E-state index contributed by atoms with van der Waals surface area (Å²) in [6.45, 7) is 0.676. The highest BCUT2D eigenvalue weighted by molar-refractivity contribution is 6.39. The average molecular weight is 251 g/mol. The number of methoxy groups -OCH3 is 1. The van der Waals surface area contributed by atoms with Gasteiger partial charge in [0.15, 0.2) is 11.6 Å². The van der Waals surface area contributed by atoms with Gasteiger partial charge in [0.05, 0.1) is 12.8 Å². The van der Waals surface area contributed by atoms with Crippen LogP contribution in [-0.4, -0.2) is 25.3 Å². The number of nitrogens with one attached hydrogen (secondary N) is 2. The van der Waals surface area contributed by atoms with E-state index in [1.807, 2.05) is 0 Å². The van der Waals surface area contributed by atoms with E-state index in [0.29, 0.717) is 24.4 Å². The summed E-state index contributed by atoms with van der Waals surface area (Å²) < 4.78 is 18.2. The molecular formula is C12H14FN3O2. The molecule has 96 valence electrons. The number of carbonyl (C=O) groups is 1. The molecule has 1 saturated heterocycles. The smallest absolute Gasteiger partial charge is 0.267 e. The van der Waals surface area contributed by atoms with E-state index in [9.17, 15) is 9.18 Å². The number of anilines is 1. The molecule has 0 unspecified atom stereocenters. The molecule has 1 aromatic carbocycles. The third-order valence-electron chi connectivity index (χ3n) is 2.61. The summed E-state index contributed by atoms with van der Waals surface area (Å²) in [5.74, 6) is -0.484. The number of rotatable bonds is 3. The van der Waals surface area contributed by atoms with E-state index in [1.165, 1.54) is 19.2 Å². The van der Waals surface area contributed by atoms with Gasteiger partial charge in [-0.15, -0.1) is 0 Å². The molecular weight excluding hydrogens is 237 g/mol. The molecule has 1 aliphatic rings. The van der Waals surface area contributed by atoms with Crippen molar-refractivity contribution in [3.63, 3.8) is 0 Å². The van der Waals surface area contributed by atoms with Crippen molar-refractivity contribution in [3.8, 4) is 5.75 Å². The van der Waals surface area contributed by atoms with E-state index in [0.717, 1.165) is 6.42 Å². The largest absolute Gasteiger partial charge is 0.494 e. The lowest BCUT2D eigenvalue weighted by Crippen LogP contribution is -2.37. The first-order chi connectivity index (χ1) is 8.70. The number of hydrazone groups is 1. The Labute approximate surface area is 104 Å². The van der Waals surface area contributed by atoms with Gasteiger partial charge in [0.25, 0.3) is 5.91 Å². The number of piperidine rings is 1. The lowest BCUT2D eigenvalue weighted by Gasteiger charge is -2.13. The molecule has 0 radical (unpaired) electrons. The molecule has 1 aromatic rings. The number of halogens is 1. The first-order valence-corrected chi connectivity index (χ1v) is 5.65. The molecule has 1 amide bonds. The van der Waals surface area contributed by atoms with Crippen molar-refractivity contribution in [1.29, 1.82) is 0 Å². The summed E-state index contributed by atoms with van der Waals surface area (Å²) in [5.41, 5.74) is 3.57. The van der Waals surface area contributed by atoms with Crippen LogP contribution in [0.2, 0.25) is 0 Å². The zero-order valence-electron chi connectivity index (χ0n) is 10.00. The van der Waals surface area contributed by atoms with E-state index >= 15 is 0 Å². The molecule has 1 aliphatic heterocycles.